The Morgan fingerprint density at radius 3 is 2.81 bits per heavy atom. The Morgan fingerprint density at radius 2 is 2.38 bits per heavy atom. The minimum absolute atomic E-state index is 0.180. The Morgan fingerprint density at radius 1 is 1.69 bits per heavy atom. The molecule has 0 spiro atoms. The van der Waals surface area contributed by atoms with Crippen LogP contribution in [0.1, 0.15) is 19.8 Å². The molecule has 0 aliphatic heterocycles. The van der Waals surface area contributed by atoms with E-state index in [9.17, 15) is 4.79 Å². The van der Waals surface area contributed by atoms with Crippen molar-refractivity contribution in [2.24, 2.45) is 4.99 Å². The van der Waals surface area contributed by atoms with Crippen molar-refractivity contribution >= 4 is 22.9 Å². The number of amidine groups is 1. The van der Waals surface area contributed by atoms with Crippen LogP contribution >= 0.6 is 11.8 Å². The molecule has 0 aromatic carbocycles. The molecule has 0 heterocycles. The van der Waals surface area contributed by atoms with E-state index < -0.39 is 0 Å². The minimum atomic E-state index is -0.269. The first-order valence-corrected chi connectivity index (χ1v) is 6.38. The summed E-state index contributed by atoms with van der Waals surface area (Å²) in [6.07, 6.45) is 5.70. The largest absolute Gasteiger partial charge is 0.465 e. The van der Waals surface area contributed by atoms with E-state index in [2.05, 4.69) is 4.99 Å². The lowest BCUT2D eigenvalue weighted by Gasteiger charge is -2.22. The van der Waals surface area contributed by atoms with Crippen LogP contribution in [-0.2, 0) is 9.53 Å². The number of nitrogens with zero attached hydrogens (tertiary/aromatic N) is 3. The van der Waals surface area contributed by atoms with Gasteiger partial charge in [0.15, 0.2) is 5.17 Å². The summed E-state index contributed by atoms with van der Waals surface area (Å²) in [5.74, 6) is -0.269. The number of ether oxygens (including phenoxy) is 1. The van der Waals surface area contributed by atoms with Crippen LogP contribution in [-0.4, -0.2) is 41.5 Å². The number of aliphatic imine (C=N–C) groups is 1. The van der Waals surface area contributed by atoms with Crippen LogP contribution in [0.2, 0.25) is 0 Å². The quantitative estimate of drug-likeness (QED) is 0.320. The van der Waals surface area contributed by atoms with Gasteiger partial charge in [0.05, 0.1) is 6.61 Å². The third-order valence-corrected chi connectivity index (χ3v) is 2.86. The molecule has 1 rings (SSSR count). The zero-order valence-electron chi connectivity index (χ0n) is 9.47. The van der Waals surface area contributed by atoms with E-state index >= 15 is 0 Å². The highest BCUT2D eigenvalue weighted by atomic mass is 32.2. The monoisotopic (exact) mass is 241 g/mol. The van der Waals surface area contributed by atoms with Gasteiger partial charge < -0.3 is 9.64 Å². The number of nitriles is 1. The fourth-order valence-electron chi connectivity index (χ4n) is 1.35. The molecule has 0 bridgehead atoms. The molecule has 0 N–H and O–H groups in total. The summed E-state index contributed by atoms with van der Waals surface area (Å²) in [4.78, 5) is 17.0. The van der Waals surface area contributed by atoms with Crippen molar-refractivity contribution in [2.45, 2.75) is 25.8 Å². The average molecular weight is 241 g/mol. The van der Waals surface area contributed by atoms with Crippen molar-refractivity contribution in [1.29, 1.82) is 5.26 Å². The van der Waals surface area contributed by atoms with Gasteiger partial charge in [0.2, 0.25) is 6.19 Å². The van der Waals surface area contributed by atoms with Gasteiger partial charge in [-0.25, -0.2) is 0 Å². The van der Waals surface area contributed by atoms with E-state index in [0.717, 1.165) is 12.8 Å². The molecule has 16 heavy (non-hydrogen) atoms. The maximum Gasteiger partial charge on any atom is 0.325 e. The zero-order valence-corrected chi connectivity index (χ0v) is 10.3. The number of hydrogen-bond acceptors (Lipinski definition) is 5. The van der Waals surface area contributed by atoms with Gasteiger partial charge in [-0.15, -0.1) is 4.99 Å². The highest BCUT2D eigenvalue weighted by molar-refractivity contribution is 8.13. The van der Waals surface area contributed by atoms with Gasteiger partial charge >= 0.3 is 5.97 Å². The van der Waals surface area contributed by atoms with Gasteiger partial charge in [-0.3, -0.25) is 4.79 Å². The van der Waals surface area contributed by atoms with Crippen molar-refractivity contribution < 1.29 is 9.53 Å². The van der Waals surface area contributed by atoms with E-state index in [1.807, 2.05) is 11.2 Å². The van der Waals surface area contributed by atoms with E-state index in [4.69, 9.17) is 10.00 Å². The van der Waals surface area contributed by atoms with Crippen LogP contribution < -0.4 is 0 Å². The van der Waals surface area contributed by atoms with Crippen LogP contribution in [0, 0.1) is 11.5 Å². The van der Waals surface area contributed by atoms with Crippen molar-refractivity contribution in [3.05, 3.63) is 0 Å². The highest BCUT2D eigenvalue weighted by Crippen LogP contribution is 2.28. The maximum absolute atomic E-state index is 11.4. The van der Waals surface area contributed by atoms with Gasteiger partial charge in [0.25, 0.3) is 0 Å². The molecule has 88 valence electrons. The van der Waals surface area contributed by atoms with E-state index in [-0.39, 0.29) is 12.5 Å². The summed E-state index contributed by atoms with van der Waals surface area (Å²) in [5, 5.41) is 9.16. The van der Waals surface area contributed by atoms with E-state index in [0.29, 0.717) is 17.8 Å². The van der Waals surface area contributed by atoms with Crippen molar-refractivity contribution in [1.82, 2.24) is 4.90 Å². The second-order valence-corrected chi connectivity index (χ2v) is 4.14. The SMILES string of the molecule is CCOC(=O)CN(C(=NC#N)SC)C1CC1. The Bertz CT molecular complexity index is 321. The molecule has 5 nitrogen and oxygen atoms in total. The Labute approximate surface area is 99.5 Å². The minimum Gasteiger partial charge on any atom is -0.465 e. The summed E-state index contributed by atoms with van der Waals surface area (Å²) in [6.45, 7) is 2.33. The van der Waals surface area contributed by atoms with Crippen LogP contribution in [0.3, 0.4) is 0 Å². The van der Waals surface area contributed by atoms with Crippen molar-refractivity contribution in [3.63, 3.8) is 0 Å². The van der Waals surface area contributed by atoms with E-state index in [1.165, 1.54) is 11.8 Å². The molecule has 0 aromatic heterocycles. The summed E-state index contributed by atoms with van der Waals surface area (Å²) in [7, 11) is 0. The molecule has 1 aliphatic carbocycles. The van der Waals surface area contributed by atoms with Crippen LogP contribution in [0.25, 0.3) is 0 Å². The van der Waals surface area contributed by atoms with Gasteiger partial charge in [0, 0.05) is 6.04 Å². The van der Waals surface area contributed by atoms with E-state index in [1.54, 1.807) is 13.1 Å². The molecule has 1 saturated carbocycles. The summed E-state index contributed by atoms with van der Waals surface area (Å²) < 4.78 is 4.90. The number of hydrogen-bond donors (Lipinski definition) is 0. The first-order chi connectivity index (χ1) is 7.72. The number of esters is 1. The number of thioether (sulfide) groups is 1. The molecule has 0 unspecified atom stereocenters. The third-order valence-electron chi connectivity index (χ3n) is 2.17. The van der Waals surface area contributed by atoms with Gasteiger partial charge in [-0.05, 0) is 26.0 Å². The molecule has 1 fully saturated rings. The first kappa shape index (κ1) is 12.8. The lowest BCUT2D eigenvalue weighted by atomic mass is 10.5. The standard InChI is InChI=1S/C10H15N3O2S/c1-3-15-9(14)6-13(8-4-5-8)10(16-2)12-7-11/h8H,3-6H2,1-2H3. The topological polar surface area (TPSA) is 65.7 Å². The normalized spacial score (nSPS) is 15.4. The number of carbonyl (C=O) groups excluding carboxylic acids is 1. The van der Waals surface area contributed by atoms with Gasteiger partial charge in [0.1, 0.15) is 6.54 Å². The molecule has 0 saturated heterocycles. The average Bonchev–Trinajstić information content (AvgIpc) is 3.07. The Balaban J connectivity index is 2.63. The molecule has 6 heteroatoms. The van der Waals surface area contributed by atoms with Crippen LogP contribution in [0.15, 0.2) is 4.99 Å². The van der Waals surface area contributed by atoms with Crippen LogP contribution in [0.5, 0.6) is 0 Å². The first-order valence-electron chi connectivity index (χ1n) is 5.16. The Kier molecular flexibility index (Phi) is 5.12. The van der Waals surface area contributed by atoms with Crippen LogP contribution in [0.4, 0.5) is 0 Å². The predicted molar refractivity (Wildman–Crippen MR) is 62.9 cm³/mol. The third kappa shape index (κ3) is 3.74. The lowest BCUT2D eigenvalue weighted by Crippen LogP contribution is -2.36. The summed E-state index contributed by atoms with van der Waals surface area (Å²) in [5.41, 5.74) is 0. The highest BCUT2D eigenvalue weighted by Gasteiger charge is 2.32. The Hall–Kier alpha value is -1.22. The second kappa shape index (κ2) is 6.38. The molecule has 0 aromatic rings. The fraction of sp³-hybridized carbons (Fsp3) is 0.700. The molecule has 0 atom stereocenters. The summed E-state index contributed by atoms with van der Waals surface area (Å²) in [6, 6.07) is 0.337. The van der Waals surface area contributed by atoms with Crippen molar-refractivity contribution in [2.75, 3.05) is 19.4 Å². The van der Waals surface area contributed by atoms with Gasteiger partial charge in [-0.1, -0.05) is 11.8 Å². The molecule has 0 radical (unpaired) electrons. The molecule has 0 amide bonds. The number of rotatable bonds is 4. The van der Waals surface area contributed by atoms with Gasteiger partial charge in [-0.2, -0.15) is 5.26 Å². The smallest absolute Gasteiger partial charge is 0.325 e. The zero-order chi connectivity index (χ0) is 12.0. The molecular formula is C10H15N3O2S. The predicted octanol–water partition coefficient (Wildman–Crippen LogP) is 1.21. The summed E-state index contributed by atoms with van der Waals surface area (Å²) >= 11 is 1.38. The van der Waals surface area contributed by atoms with Crippen molar-refractivity contribution in [3.8, 4) is 6.19 Å². The fourth-order valence-corrected chi connectivity index (χ4v) is 1.93. The number of carbonyl (C=O) groups is 1. The molecule has 1 aliphatic rings. The lowest BCUT2D eigenvalue weighted by molar-refractivity contribution is -0.143. The second-order valence-electron chi connectivity index (χ2n) is 3.36. The maximum atomic E-state index is 11.4. The molecular weight excluding hydrogens is 226 g/mol.